The fourth-order valence-electron chi connectivity index (χ4n) is 2.32. The van der Waals surface area contributed by atoms with Gasteiger partial charge in [-0.05, 0) is 31.0 Å². The number of carbonyl (C=O) groups is 1. The van der Waals surface area contributed by atoms with Crippen LogP contribution in [0.5, 0.6) is 0 Å². The number of carboxylic acids is 1. The molecule has 2 N–H and O–H groups in total. The summed E-state index contributed by atoms with van der Waals surface area (Å²) < 4.78 is 13.7. The molecule has 4 nitrogen and oxygen atoms in total. The molecular formula is C14H18FNO3. The van der Waals surface area contributed by atoms with E-state index in [1.807, 2.05) is 4.90 Å². The Bertz CT molecular complexity index is 460. The number of hydrogen-bond donors (Lipinski definition) is 2. The maximum absolute atomic E-state index is 13.7. The summed E-state index contributed by atoms with van der Waals surface area (Å²) in [6, 6.07) is 4.21. The van der Waals surface area contributed by atoms with Crippen LogP contribution in [0.2, 0.25) is 0 Å². The first kappa shape index (κ1) is 14.0. The number of carboxylic acid groups (broad SMARTS) is 1. The van der Waals surface area contributed by atoms with Crippen molar-refractivity contribution >= 4 is 5.97 Å². The zero-order valence-electron chi connectivity index (χ0n) is 10.7. The number of aromatic carboxylic acids is 1. The molecule has 0 aromatic heterocycles. The molecule has 1 aromatic rings. The molecule has 0 spiro atoms. The molecule has 104 valence electrons. The van der Waals surface area contributed by atoms with Gasteiger partial charge < -0.3 is 10.2 Å². The second-order valence-electron chi connectivity index (χ2n) is 4.89. The smallest absolute Gasteiger partial charge is 0.335 e. The number of aliphatic hydroxyl groups is 1. The van der Waals surface area contributed by atoms with Gasteiger partial charge in [0, 0.05) is 24.7 Å². The van der Waals surface area contributed by atoms with Crippen LogP contribution in [0.4, 0.5) is 4.39 Å². The number of hydrogen-bond acceptors (Lipinski definition) is 3. The number of benzene rings is 1. The van der Waals surface area contributed by atoms with E-state index >= 15 is 0 Å². The summed E-state index contributed by atoms with van der Waals surface area (Å²) in [4.78, 5) is 12.9. The minimum absolute atomic E-state index is 0.0245. The molecule has 5 heteroatoms. The largest absolute Gasteiger partial charge is 0.478 e. The average Bonchev–Trinajstić information content (AvgIpc) is 2.29. The van der Waals surface area contributed by atoms with Crippen LogP contribution in [0.15, 0.2) is 18.2 Å². The lowest BCUT2D eigenvalue weighted by Crippen LogP contribution is -2.41. The van der Waals surface area contributed by atoms with Gasteiger partial charge in [0.15, 0.2) is 0 Å². The van der Waals surface area contributed by atoms with Gasteiger partial charge >= 0.3 is 5.97 Å². The van der Waals surface area contributed by atoms with Gasteiger partial charge in [0.1, 0.15) is 5.82 Å². The predicted molar refractivity (Wildman–Crippen MR) is 68.5 cm³/mol. The maximum atomic E-state index is 13.7. The molecule has 1 aromatic carbocycles. The van der Waals surface area contributed by atoms with Crippen LogP contribution in [0, 0.1) is 5.82 Å². The number of nitrogens with zero attached hydrogens (tertiary/aromatic N) is 1. The molecule has 0 amide bonds. The van der Waals surface area contributed by atoms with Gasteiger partial charge in [0.25, 0.3) is 0 Å². The number of aliphatic hydroxyl groups excluding tert-OH is 1. The zero-order chi connectivity index (χ0) is 13.8. The normalized spacial score (nSPS) is 15.5. The van der Waals surface area contributed by atoms with Crippen LogP contribution in [0.1, 0.15) is 35.2 Å². The molecule has 0 unspecified atom stereocenters. The molecule has 2 rings (SSSR count). The molecule has 0 aliphatic heterocycles. The van der Waals surface area contributed by atoms with Gasteiger partial charge in [0.05, 0.1) is 12.2 Å². The SMILES string of the molecule is O=C(O)c1ccc(F)c(CN(CCO)C2CCC2)c1. The van der Waals surface area contributed by atoms with Crippen molar-refractivity contribution in [3.63, 3.8) is 0 Å². The molecule has 0 radical (unpaired) electrons. The van der Waals surface area contributed by atoms with E-state index < -0.39 is 11.8 Å². The highest BCUT2D eigenvalue weighted by Gasteiger charge is 2.25. The summed E-state index contributed by atoms with van der Waals surface area (Å²) >= 11 is 0. The summed E-state index contributed by atoms with van der Waals surface area (Å²) in [5.41, 5.74) is 0.467. The fraction of sp³-hybridized carbons (Fsp3) is 0.500. The van der Waals surface area contributed by atoms with E-state index in [2.05, 4.69) is 0 Å². The van der Waals surface area contributed by atoms with Crippen molar-refractivity contribution in [3.8, 4) is 0 Å². The summed E-state index contributed by atoms with van der Waals surface area (Å²) in [5, 5.41) is 18.0. The van der Waals surface area contributed by atoms with Crippen LogP contribution in [-0.4, -0.2) is 40.3 Å². The van der Waals surface area contributed by atoms with Crippen molar-refractivity contribution < 1.29 is 19.4 Å². The quantitative estimate of drug-likeness (QED) is 0.826. The summed E-state index contributed by atoms with van der Waals surface area (Å²) in [5.74, 6) is -1.45. The fourth-order valence-corrected chi connectivity index (χ4v) is 2.32. The molecule has 1 aliphatic rings. The highest BCUT2D eigenvalue weighted by Crippen LogP contribution is 2.26. The first-order valence-electron chi connectivity index (χ1n) is 6.48. The molecule has 1 saturated carbocycles. The summed E-state index contributed by atoms with van der Waals surface area (Å²) in [6.45, 7) is 0.857. The highest BCUT2D eigenvalue weighted by molar-refractivity contribution is 5.87. The van der Waals surface area contributed by atoms with Crippen molar-refractivity contribution in [1.82, 2.24) is 4.90 Å². The molecule has 1 aliphatic carbocycles. The minimum atomic E-state index is -1.06. The van der Waals surface area contributed by atoms with E-state index in [1.54, 1.807) is 0 Å². The third-order valence-corrected chi connectivity index (χ3v) is 3.64. The monoisotopic (exact) mass is 267 g/mol. The van der Waals surface area contributed by atoms with Gasteiger partial charge in [-0.2, -0.15) is 0 Å². The van der Waals surface area contributed by atoms with E-state index in [0.717, 1.165) is 19.3 Å². The molecule has 0 atom stereocenters. The van der Waals surface area contributed by atoms with E-state index in [-0.39, 0.29) is 12.2 Å². The lowest BCUT2D eigenvalue weighted by molar-refractivity contribution is 0.0695. The Labute approximate surface area is 111 Å². The lowest BCUT2D eigenvalue weighted by Gasteiger charge is -2.37. The van der Waals surface area contributed by atoms with E-state index in [9.17, 15) is 9.18 Å². The molecule has 0 saturated heterocycles. The molecule has 1 fully saturated rings. The molecule has 19 heavy (non-hydrogen) atoms. The Kier molecular flexibility index (Phi) is 4.50. The van der Waals surface area contributed by atoms with Crippen LogP contribution in [0.3, 0.4) is 0 Å². The van der Waals surface area contributed by atoms with Gasteiger partial charge in [-0.1, -0.05) is 6.42 Å². The van der Waals surface area contributed by atoms with Gasteiger partial charge in [0.2, 0.25) is 0 Å². The molecular weight excluding hydrogens is 249 g/mol. The van der Waals surface area contributed by atoms with E-state index in [1.165, 1.54) is 18.2 Å². The van der Waals surface area contributed by atoms with Crippen molar-refractivity contribution in [2.75, 3.05) is 13.2 Å². The van der Waals surface area contributed by atoms with Crippen molar-refractivity contribution in [3.05, 3.63) is 35.1 Å². The average molecular weight is 267 g/mol. The van der Waals surface area contributed by atoms with Crippen LogP contribution in [0.25, 0.3) is 0 Å². The van der Waals surface area contributed by atoms with Gasteiger partial charge in [-0.15, -0.1) is 0 Å². The van der Waals surface area contributed by atoms with E-state index in [4.69, 9.17) is 10.2 Å². The van der Waals surface area contributed by atoms with Crippen molar-refractivity contribution in [2.45, 2.75) is 31.8 Å². The summed E-state index contributed by atoms with van der Waals surface area (Å²) in [7, 11) is 0. The third kappa shape index (κ3) is 3.30. The van der Waals surface area contributed by atoms with E-state index in [0.29, 0.717) is 24.7 Å². The molecule has 0 bridgehead atoms. The van der Waals surface area contributed by atoms with Crippen LogP contribution >= 0.6 is 0 Å². The Morgan fingerprint density at radius 2 is 2.16 bits per heavy atom. The third-order valence-electron chi connectivity index (χ3n) is 3.64. The van der Waals surface area contributed by atoms with Crippen LogP contribution < -0.4 is 0 Å². The first-order valence-corrected chi connectivity index (χ1v) is 6.48. The van der Waals surface area contributed by atoms with Crippen molar-refractivity contribution in [2.24, 2.45) is 0 Å². The lowest BCUT2D eigenvalue weighted by atomic mass is 9.91. The second-order valence-corrected chi connectivity index (χ2v) is 4.89. The second kappa shape index (κ2) is 6.12. The molecule has 0 heterocycles. The minimum Gasteiger partial charge on any atom is -0.478 e. The maximum Gasteiger partial charge on any atom is 0.335 e. The Morgan fingerprint density at radius 3 is 2.68 bits per heavy atom. The Balaban J connectivity index is 2.15. The summed E-state index contributed by atoms with van der Waals surface area (Å²) in [6.07, 6.45) is 3.27. The Hall–Kier alpha value is -1.46. The predicted octanol–water partition coefficient (Wildman–Crippen LogP) is 1.87. The standard InChI is InChI=1S/C14H18FNO3/c15-13-5-4-10(14(18)19)8-11(13)9-16(6-7-17)12-2-1-3-12/h4-5,8,12,17H,1-3,6-7,9H2,(H,18,19). The first-order chi connectivity index (χ1) is 9.11. The highest BCUT2D eigenvalue weighted by atomic mass is 19.1. The number of halogens is 1. The van der Waals surface area contributed by atoms with Gasteiger partial charge in [-0.25, -0.2) is 9.18 Å². The zero-order valence-corrected chi connectivity index (χ0v) is 10.7. The van der Waals surface area contributed by atoms with Crippen molar-refractivity contribution in [1.29, 1.82) is 0 Å². The Morgan fingerprint density at radius 1 is 1.42 bits per heavy atom. The van der Waals surface area contributed by atoms with Gasteiger partial charge in [-0.3, -0.25) is 4.90 Å². The van der Waals surface area contributed by atoms with Crippen LogP contribution in [-0.2, 0) is 6.54 Å². The topological polar surface area (TPSA) is 60.8 Å². The number of rotatable bonds is 6.